The highest BCUT2D eigenvalue weighted by Crippen LogP contribution is 2.49. The van der Waals surface area contributed by atoms with E-state index in [1.54, 1.807) is 6.20 Å². The Kier molecular flexibility index (Phi) is 3.97. The molecule has 114 valence electrons. The average molecular weight is 294 g/mol. The molecule has 1 amide bonds. The lowest BCUT2D eigenvalue weighted by Gasteiger charge is -2.16. The van der Waals surface area contributed by atoms with Crippen LogP contribution in [-0.2, 0) is 23.1 Å². The molecule has 1 saturated carbocycles. The van der Waals surface area contributed by atoms with E-state index >= 15 is 0 Å². The summed E-state index contributed by atoms with van der Waals surface area (Å²) >= 11 is 0. The molecule has 1 fully saturated rings. The molecule has 0 saturated heterocycles. The predicted molar refractivity (Wildman–Crippen MR) is 89.0 cm³/mol. The maximum Gasteiger partial charge on any atom is 0.236 e. The molecular formula is C19H22N2O. The molecule has 3 heteroatoms. The van der Waals surface area contributed by atoms with E-state index in [-0.39, 0.29) is 11.3 Å². The van der Waals surface area contributed by atoms with Gasteiger partial charge in [-0.2, -0.15) is 0 Å². The summed E-state index contributed by atoms with van der Waals surface area (Å²) in [7, 11) is 0. The third kappa shape index (κ3) is 2.76. The van der Waals surface area contributed by atoms with Crippen LogP contribution in [0.5, 0.6) is 0 Å². The summed E-state index contributed by atoms with van der Waals surface area (Å²) in [5.74, 6) is 0.721. The summed E-state index contributed by atoms with van der Waals surface area (Å²) < 4.78 is 0. The topological polar surface area (TPSA) is 42.0 Å². The molecule has 22 heavy (non-hydrogen) atoms. The van der Waals surface area contributed by atoms with Gasteiger partial charge in [-0.05, 0) is 54.5 Å². The molecule has 1 aromatic carbocycles. The van der Waals surface area contributed by atoms with E-state index in [0.29, 0.717) is 5.82 Å². The highest BCUT2D eigenvalue weighted by atomic mass is 16.2. The molecule has 1 aliphatic rings. The van der Waals surface area contributed by atoms with Crippen LogP contribution in [0.15, 0.2) is 42.6 Å². The van der Waals surface area contributed by atoms with Crippen molar-refractivity contribution in [2.45, 2.75) is 44.9 Å². The molecule has 3 nitrogen and oxygen atoms in total. The van der Waals surface area contributed by atoms with Gasteiger partial charge in [0.05, 0.1) is 5.41 Å². The SMILES string of the molecule is CCc1ccc(C2(C(=O)Nc3cc(CC)ccn3)CC2)cc1. The zero-order valence-electron chi connectivity index (χ0n) is 13.2. The van der Waals surface area contributed by atoms with Gasteiger partial charge in [0.1, 0.15) is 5.82 Å². The summed E-state index contributed by atoms with van der Waals surface area (Å²) in [6.07, 6.45) is 5.54. The van der Waals surface area contributed by atoms with Crippen LogP contribution in [0.3, 0.4) is 0 Å². The minimum atomic E-state index is -0.351. The highest BCUT2D eigenvalue weighted by Gasteiger charge is 2.51. The van der Waals surface area contributed by atoms with Crippen LogP contribution in [0.1, 0.15) is 43.4 Å². The Morgan fingerprint density at radius 3 is 2.36 bits per heavy atom. The summed E-state index contributed by atoms with van der Waals surface area (Å²) in [6.45, 7) is 4.24. The number of hydrogen-bond acceptors (Lipinski definition) is 2. The van der Waals surface area contributed by atoms with Crippen LogP contribution in [0.25, 0.3) is 0 Å². The van der Waals surface area contributed by atoms with Crippen LogP contribution >= 0.6 is 0 Å². The van der Waals surface area contributed by atoms with Crippen LogP contribution in [0.2, 0.25) is 0 Å². The third-order valence-electron chi connectivity index (χ3n) is 4.57. The van der Waals surface area contributed by atoms with E-state index in [1.807, 2.05) is 12.1 Å². The second-order valence-electron chi connectivity index (χ2n) is 5.99. The van der Waals surface area contributed by atoms with Gasteiger partial charge in [0.25, 0.3) is 0 Å². The number of rotatable bonds is 5. The van der Waals surface area contributed by atoms with Gasteiger partial charge in [0.15, 0.2) is 0 Å². The number of aryl methyl sites for hydroxylation is 2. The fourth-order valence-electron chi connectivity index (χ4n) is 2.83. The maximum absolute atomic E-state index is 12.7. The molecule has 1 N–H and O–H groups in total. The van der Waals surface area contributed by atoms with E-state index in [0.717, 1.165) is 31.2 Å². The quantitative estimate of drug-likeness (QED) is 0.909. The molecule has 0 spiro atoms. The molecular weight excluding hydrogens is 272 g/mol. The summed E-state index contributed by atoms with van der Waals surface area (Å²) in [4.78, 5) is 17.0. The van der Waals surface area contributed by atoms with Crippen molar-refractivity contribution in [1.82, 2.24) is 4.98 Å². The van der Waals surface area contributed by atoms with Gasteiger partial charge in [-0.1, -0.05) is 38.1 Å². The van der Waals surface area contributed by atoms with Gasteiger partial charge >= 0.3 is 0 Å². The van der Waals surface area contributed by atoms with Crippen molar-refractivity contribution < 1.29 is 4.79 Å². The Balaban J connectivity index is 1.78. The minimum absolute atomic E-state index is 0.0671. The zero-order valence-corrected chi connectivity index (χ0v) is 13.2. The van der Waals surface area contributed by atoms with Gasteiger partial charge < -0.3 is 5.32 Å². The normalized spacial score (nSPS) is 15.4. The molecule has 1 aromatic heterocycles. The van der Waals surface area contributed by atoms with Crippen LogP contribution < -0.4 is 5.32 Å². The molecule has 0 atom stereocenters. The number of benzene rings is 1. The van der Waals surface area contributed by atoms with E-state index in [4.69, 9.17) is 0 Å². The number of anilines is 1. The van der Waals surface area contributed by atoms with Crippen molar-refractivity contribution in [1.29, 1.82) is 0 Å². The summed E-state index contributed by atoms with van der Waals surface area (Å²) in [5, 5.41) is 3.00. The Morgan fingerprint density at radius 2 is 1.77 bits per heavy atom. The van der Waals surface area contributed by atoms with Crippen molar-refractivity contribution in [2.24, 2.45) is 0 Å². The van der Waals surface area contributed by atoms with Gasteiger partial charge in [0, 0.05) is 6.20 Å². The fourth-order valence-corrected chi connectivity index (χ4v) is 2.83. The van der Waals surface area contributed by atoms with Gasteiger partial charge in [-0.25, -0.2) is 4.98 Å². The highest BCUT2D eigenvalue weighted by molar-refractivity contribution is 6.00. The third-order valence-corrected chi connectivity index (χ3v) is 4.57. The van der Waals surface area contributed by atoms with Gasteiger partial charge in [-0.15, -0.1) is 0 Å². The fraction of sp³-hybridized carbons (Fsp3) is 0.368. The van der Waals surface area contributed by atoms with Crippen molar-refractivity contribution >= 4 is 11.7 Å². The van der Waals surface area contributed by atoms with E-state index in [2.05, 4.69) is 48.4 Å². The molecule has 1 heterocycles. The van der Waals surface area contributed by atoms with E-state index < -0.39 is 0 Å². The molecule has 0 unspecified atom stereocenters. The van der Waals surface area contributed by atoms with Gasteiger partial charge in [-0.3, -0.25) is 4.79 Å². The Bertz CT molecular complexity index is 672. The average Bonchev–Trinajstić information content (AvgIpc) is 3.37. The number of hydrogen-bond donors (Lipinski definition) is 1. The Hall–Kier alpha value is -2.16. The number of nitrogens with one attached hydrogen (secondary N) is 1. The maximum atomic E-state index is 12.7. The largest absolute Gasteiger partial charge is 0.310 e. The predicted octanol–water partition coefficient (Wildman–Crippen LogP) is 3.88. The number of pyridine rings is 1. The standard InChI is InChI=1S/C19H22N2O/c1-3-14-5-7-16(8-6-14)19(10-11-19)18(22)21-17-13-15(4-2)9-12-20-17/h5-9,12-13H,3-4,10-11H2,1-2H3,(H,20,21,22). The molecule has 1 aliphatic carbocycles. The minimum Gasteiger partial charge on any atom is -0.310 e. The van der Waals surface area contributed by atoms with Crippen molar-refractivity contribution in [3.8, 4) is 0 Å². The molecule has 2 aromatic rings. The first-order chi connectivity index (χ1) is 10.7. The second-order valence-corrected chi connectivity index (χ2v) is 5.99. The number of aromatic nitrogens is 1. The number of nitrogens with zero attached hydrogens (tertiary/aromatic N) is 1. The molecule has 3 rings (SSSR count). The first-order valence-electron chi connectivity index (χ1n) is 8.04. The molecule has 0 bridgehead atoms. The van der Waals surface area contributed by atoms with Crippen molar-refractivity contribution in [2.75, 3.05) is 5.32 Å². The van der Waals surface area contributed by atoms with E-state index in [9.17, 15) is 4.79 Å². The van der Waals surface area contributed by atoms with E-state index in [1.165, 1.54) is 11.1 Å². The molecule has 0 radical (unpaired) electrons. The number of carbonyl (C=O) groups is 1. The van der Waals surface area contributed by atoms with Gasteiger partial charge in [0.2, 0.25) is 5.91 Å². The monoisotopic (exact) mass is 294 g/mol. The Labute approximate surface area is 131 Å². The zero-order chi connectivity index (χ0) is 15.6. The summed E-state index contributed by atoms with van der Waals surface area (Å²) in [5.41, 5.74) is 3.25. The van der Waals surface area contributed by atoms with Crippen molar-refractivity contribution in [3.63, 3.8) is 0 Å². The smallest absolute Gasteiger partial charge is 0.236 e. The van der Waals surface area contributed by atoms with Crippen molar-refractivity contribution in [3.05, 3.63) is 59.3 Å². The lowest BCUT2D eigenvalue weighted by molar-refractivity contribution is -0.118. The first kappa shape index (κ1) is 14.8. The first-order valence-corrected chi connectivity index (χ1v) is 8.04. The van der Waals surface area contributed by atoms with Crippen LogP contribution in [-0.4, -0.2) is 10.9 Å². The van der Waals surface area contributed by atoms with Crippen LogP contribution in [0.4, 0.5) is 5.82 Å². The number of amides is 1. The molecule has 0 aliphatic heterocycles. The Morgan fingerprint density at radius 1 is 1.09 bits per heavy atom. The van der Waals surface area contributed by atoms with Crippen LogP contribution in [0, 0.1) is 0 Å². The summed E-state index contributed by atoms with van der Waals surface area (Å²) in [6, 6.07) is 12.4. The number of carbonyl (C=O) groups excluding carboxylic acids is 1. The lowest BCUT2D eigenvalue weighted by atomic mass is 9.93. The second kappa shape index (κ2) is 5.91. The lowest BCUT2D eigenvalue weighted by Crippen LogP contribution is -2.28.